The van der Waals surface area contributed by atoms with Crippen LogP contribution in [-0.2, 0) is 0 Å². The second-order valence-corrected chi connectivity index (χ2v) is 6.19. The molecule has 0 saturated carbocycles. The third kappa shape index (κ3) is 12.7. The molecule has 0 N–H and O–H groups in total. The van der Waals surface area contributed by atoms with Gasteiger partial charge in [0.1, 0.15) is 0 Å². The molecule has 0 heterocycles. The van der Waals surface area contributed by atoms with E-state index in [1.165, 1.54) is 82.4 Å². The Labute approximate surface area is 118 Å². The predicted octanol–water partition coefficient (Wildman–Crippen LogP) is 6.72. The molecule has 0 aromatic carbocycles. The van der Waals surface area contributed by atoms with Gasteiger partial charge in [-0.25, -0.2) is 0 Å². The molecule has 0 aliphatic carbocycles. The molecule has 1 heteroatoms. The highest BCUT2D eigenvalue weighted by molar-refractivity contribution is 9.09. The summed E-state index contributed by atoms with van der Waals surface area (Å²) in [5.41, 5.74) is 0. The van der Waals surface area contributed by atoms with Gasteiger partial charge in [-0.15, -0.1) is 0 Å². The minimum Gasteiger partial charge on any atom is -0.0928 e. The molecule has 0 bridgehead atoms. The fourth-order valence-electron chi connectivity index (χ4n) is 2.52. The van der Waals surface area contributed by atoms with E-state index in [0.717, 1.165) is 5.92 Å². The van der Waals surface area contributed by atoms with Crippen molar-refractivity contribution in [1.29, 1.82) is 0 Å². The monoisotopic (exact) mass is 304 g/mol. The number of hydrogen-bond acceptors (Lipinski definition) is 0. The Hall–Kier alpha value is 0.480. The lowest BCUT2D eigenvalue weighted by Crippen LogP contribution is -2.01. The fourth-order valence-corrected chi connectivity index (χ4v) is 2.84. The van der Waals surface area contributed by atoms with Crippen molar-refractivity contribution in [1.82, 2.24) is 0 Å². The van der Waals surface area contributed by atoms with Crippen molar-refractivity contribution in [2.75, 3.05) is 5.33 Å². The maximum Gasteiger partial charge on any atom is 0.00314 e. The highest BCUT2D eigenvalue weighted by Gasteiger charge is 2.07. The van der Waals surface area contributed by atoms with E-state index in [2.05, 4.69) is 29.8 Å². The summed E-state index contributed by atoms with van der Waals surface area (Å²) < 4.78 is 0. The molecule has 0 radical (unpaired) electrons. The number of unbranched alkanes of at least 4 members (excludes halogenated alkanes) is 6. The normalized spacial score (nSPS) is 11.3. The van der Waals surface area contributed by atoms with Gasteiger partial charge >= 0.3 is 0 Å². The third-order valence-corrected chi connectivity index (χ3v) is 4.24. The molecular weight excluding hydrogens is 272 g/mol. The largest absolute Gasteiger partial charge is 0.0928 e. The van der Waals surface area contributed by atoms with Crippen LogP contribution in [0.5, 0.6) is 0 Å². The summed E-state index contributed by atoms with van der Waals surface area (Å²) in [5, 5.41) is 1.19. The first kappa shape index (κ1) is 17.5. The first-order valence-corrected chi connectivity index (χ1v) is 9.03. The van der Waals surface area contributed by atoms with E-state index in [1.54, 1.807) is 0 Å². The van der Waals surface area contributed by atoms with Crippen LogP contribution in [0.25, 0.3) is 0 Å². The van der Waals surface area contributed by atoms with E-state index < -0.39 is 0 Å². The van der Waals surface area contributed by atoms with E-state index >= 15 is 0 Å². The van der Waals surface area contributed by atoms with Gasteiger partial charge in [-0.1, -0.05) is 94.0 Å². The number of hydrogen-bond donors (Lipinski definition) is 0. The Balaban J connectivity index is 3.56. The summed E-state index contributed by atoms with van der Waals surface area (Å²) in [6.07, 6.45) is 17.2. The van der Waals surface area contributed by atoms with Gasteiger partial charge in [0.2, 0.25) is 0 Å². The molecule has 0 rings (SSSR count). The van der Waals surface area contributed by atoms with Gasteiger partial charge in [0.15, 0.2) is 0 Å². The molecular formula is C16H33Br. The molecule has 0 unspecified atom stereocenters. The molecule has 0 spiro atoms. The molecule has 0 aliphatic heterocycles. The van der Waals surface area contributed by atoms with Gasteiger partial charge in [-0.2, -0.15) is 0 Å². The summed E-state index contributed by atoms with van der Waals surface area (Å²) >= 11 is 3.56. The van der Waals surface area contributed by atoms with Gasteiger partial charge in [0, 0.05) is 5.33 Å². The van der Waals surface area contributed by atoms with Crippen molar-refractivity contribution < 1.29 is 0 Å². The number of rotatable bonds is 13. The van der Waals surface area contributed by atoms with Crippen LogP contribution in [0, 0.1) is 5.92 Å². The maximum absolute atomic E-state index is 3.56. The molecule has 0 aromatic heterocycles. The Bertz CT molecular complexity index is 121. The van der Waals surface area contributed by atoms with Crippen LogP contribution in [0.1, 0.15) is 90.9 Å². The van der Waals surface area contributed by atoms with E-state index in [0.29, 0.717) is 0 Å². The topological polar surface area (TPSA) is 0 Å². The number of halogens is 1. The van der Waals surface area contributed by atoms with Crippen LogP contribution in [0.4, 0.5) is 0 Å². The second kappa shape index (κ2) is 14.5. The van der Waals surface area contributed by atoms with Crippen LogP contribution in [0.15, 0.2) is 0 Å². The molecule has 0 aromatic rings. The Morgan fingerprint density at radius 2 is 1.12 bits per heavy atom. The Morgan fingerprint density at radius 1 is 0.647 bits per heavy atom. The lowest BCUT2D eigenvalue weighted by Gasteiger charge is -2.16. The predicted molar refractivity (Wildman–Crippen MR) is 84.0 cm³/mol. The lowest BCUT2D eigenvalue weighted by atomic mass is 9.91. The molecule has 0 nitrogen and oxygen atoms in total. The first-order valence-electron chi connectivity index (χ1n) is 7.91. The minimum absolute atomic E-state index is 1.02. The maximum atomic E-state index is 3.56. The molecule has 0 fully saturated rings. The zero-order chi connectivity index (χ0) is 12.8. The molecule has 0 aliphatic rings. The van der Waals surface area contributed by atoms with E-state index in [1.807, 2.05) is 0 Å². The van der Waals surface area contributed by atoms with Crippen LogP contribution >= 0.6 is 15.9 Å². The second-order valence-electron chi connectivity index (χ2n) is 5.40. The zero-order valence-corrected chi connectivity index (χ0v) is 13.7. The molecule has 17 heavy (non-hydrogen) atoms. The van der Waals surface area contributed by atoms with Gasteiger partial charge in [-0.3, -0.25) is 0 Å². The highest BCUT2D eigenvalue weighted by atomic mass is 79.9. The molecule has 0 amide bonds. The van der Waals surface area contributed by atoms with Crippen LogP contribution in [0.2, 0.25) is 0 Å². The van der Waals surface area contributed by atoms with Crippen molar-refractivity contribution in [3.63, 3.8) is 0 Å². The first-order chi connectivity index (χ1) is 8.35. The quantitative estimate of drug-likeness (QED) is 0.262. The Morgan fingerprint density at radius 3 is 1.53 bits per heavy atom. The fraction of sp³-hybridized carbons (Fsp3) is 1.00. The minimum atomic E-state index is 1.02. The van der Waals surface area contributed by atoms with Crippen LogP contribution < -0.4 is 0 Å². The van der Waals surface area contributed by atoms with Gasteiger partial charge in [0.25, 0.3) is 0 Å². The van der Waals surface area contributed by atoms with Crippen LogP contribution in [-0.4, -0.2) is 5.33 Å². The van der Waals surface area contributed by atoms with Crippen molar-refractivity contribution >= 4 is 15.9 Å². The standard InChI is InChI=1S/C16H33Br/c1-3-5-7-9-12-16(14-11-15-17)13-10-8-6-4-2/h16H,3-15H2,1-2H3. The van der Waals surface area contributed by atoms with Gasteiger partial charge in [-0.05, 0) is 18.8 Å². The third-order valence-electron chi connectivity index (χ3n) is 3.68. The average Bonchev–Trinajstić information content (AvgIpc) is 2.35. The lowest BCUT2D eigenvalue weighted by molar-refractivity contribution is 0.381. The zero-order valence-electron chi connectivity index (χ0n) is 12.1. The Kier molecular flexibility index (Phi) is 15.0. The molecule has 0 atom stereocenters. The number of alkyl halides is 1. The van der Waals surface area contributed by atoms with Gasteiger partial charge in [0.05, 0.1) is 0 Å². The van der Waals surface area contributed by atoms with E-state index in [-0.39, 0.29) is 0 Å². The average molecular weight is 305 g/mol. The van der Waals surface area contributed by atoms with Crippen molar-refractivity contribution in [2.24, 2.45) is 5.92 Å². The summed E-state index contributed by atoms with van der Waals surface area (Å²) in [4.78, 5) is 0. The van der Waals surface area contributed by atoms with Crippen LogP contribution in [0.3, 0.4) is 0 Å². The summed E-state index contributed by atoms with van der Waals surface area (Å²) in [6.45, 7) is 4.60. The van der Waals surface area contributed by atoms with Gasteiger partial charge < -0.3 is 0 Å². The van der Waals surface area contributed by atoms with Crippen molar-refractivity contribution in [2.45, 2.75) is 90.9 Å². The summed E-state index contributed by atoms with van der Waals surface area (Å²) in [7, 11) is 0. The van der Waals surface area contributed by atoms with E-state index in [9.17, 15) is 0 Å². The van der Waals surface area contributed by atoms with Crippen molar-refractivity contribution in [3.05, 3.63) is 0 Å². The molecule has 104 valence electrons. The summed E-state index contributed by atoms with van der Waals surface area (Å²) in [6, 6.07) is 0. The SMILES string of the molecule is CCCCCCC(CCCBr)CCCCCC. The van der Waals surface area contributed by atoms with E-state index in [4.69, 9.17) is 0 Å². The summed E-state index contributed by atoms with van der Waals surface area (Å²) in [5.74, 6) is 1.02. The smallest absolute Gasteiger partial charge is 0.00314 e. The van der Waals surface area contributed by atoms with Crippen molar-refractivity contribution in [3.8, 4) is 0 Å². The highest BCUT2D eigenvalue weighted by Crippen LogP contribution is 2.23. The molecule has 0 saturated heterocycles.